The van der Waals surface area contributed by atoms with E-state index in [1.807, 2.05) is 69.3 Å². The SMILES string of the molecule is COc1ccc(OCCCC(=O)N(Cc2ccc(Br)cc2)C(C)C(=O)NC(C)(C)C)cc1. The summed E-state index contributed by atoms with van der Waals surface area (Å²) in [5.41, 5.74) is 0.593. The summed E-state index contributed by atoms with van der Waals surface area (Å²) in [5.74, 6) is 1.24. The topological polar surface area (TPSA) is 67.9 Å². The second-order valence-electron chi connectivity index (χ2n) is 8.69. The van der Waals surface area contributed by atoms with Gasteiger partial charge >= 0.3 is 0 Å². The lowest BCUT2D eigenvalue weighted by atomic mass is 10.1. The Labute approximate surface area is 199 Å². The van der Waals surface area contributed by atoms with E-state index in [1.54, 1.807) is 18.9 Å². The van der Waals surface area contributed by atoms with Gasteiger partial charge in [0.1, 0.15) is 17.5 Å². The lowest BCUT2D eigenvalue weighted by Crippen LogP contribution is -2.52. The van der Waals surface area contributed by atoms with Crippen molar-refractivity contribution in [3.8, 4) is 11.5 Å². The van der Waals surface area contributed by atoms with E-state index in [1.165, 1.54) is 0 Å². The number of hydrogen-bond donors (Lipinski definition) is 1. The van der Waals surface area contributed by atoms with Crippen molar-refractivity contribution in [2.45, 2.75) is 58.7 Å². The van der Waals surface area contributed by atoms with Crippen LogP contribution in [-0.2, 0) is 16.1 Å². The van der Waals surface area contributed by atoms with Crippen molar-refractivity contribution in [2.24, 2.45) is 0 Å². The van der Waals surface area contributed by atoms with E-state index in [2.05, 4.69) is 21.2 Å². The number of methoxy groups -OCH3 is 1. The van der Waals surface area contributed by atoms with Gasteiger partial charge in [0.2, 0.25) is 11.8 Å². The summed E-state index contributed by atoms with van der Waals surface area (Å²) >= 11 is 3.43. The van der Waals surface area contributed by atoms with E-state index in [0.29, 0.717) is 26.0 Å². The number of rotatable bonds is 10. The Kier molecular flexibility index (Phi) is 9.57. The molecule has 1 N–H and O–H groups in total. The number of ether oxygens (including phenoxy) is 2. The summed E-state index contributed by atoms with van der Waals surface area (Å²) in [4.78, 5) is 27.5. The second-order valence-corrected chi connectivity index (χ2v) is 9.61. The highest BCUT2D eigenvalue weighted by atomic mass is 79.9. The molecule has 0 heterocycles. The number of carbonyl (C=O) groups excluding carboxylic acids is 2. The minimum atomic E-state index is -0.590. The highest BCUT2D eigenvalue weighted by Gasteiger charge is 2.28. The molecular weight excluding hydrogens is 472 g/mol. The van der Waals surface area contributed by atoms with Gasteiger partial charge in [0.25, 0.3) is 0 Å². The predicted octanol–water partition coefficient (Wildman–Crippen LogP) is 4.95. The molecule has 0 fully saturated rings. The molecule has 0 spiro atoms. The van der Waals surface area contributed by atoms with Gasteiger partial charge in [-0.05, 0) is 76.1 Å². The zero-order valence-corrected chi connectivity index (χ0v) is 21.1. The predicted molar refractivity (Wildman–Crippen MR) is 130 cm³/mol. The second kappa shape index (κ2) is 11.9. The third-order valence-corrected chi connectivity index (χ3v) is 5.32. The molecule has 0 aliphatic heterocycles. The van der Waals surface area contributed by atoms with Gasteiger partial charge in [-0.1, -0.05) is 28.1 Å². The van der Waals surface area contributed by atoms with Crippen LogP contribution in [0.4, 0.5) is 0 Å². The van der Waals surface area contributed by atoms with Crippen molar-refractivity contribution in [2.75, 3.05) is 13.7 Å². The molecule has 32 heavy (non-hydrogen) atoms. The Balaban J connectivity index is 1.99. The molecule has 1 unspecified atom stereocenters. The van der Waals surface area contributed by atoms with Gasteiger partial charge in [0, 0.05) is 23.0 Å². The molecule has 0 radical (unpaired) electrons. The molecule has 6 nitrogen and oxygen atoms in total. The molecule has 2 aromatic carbocycles. The fourth-order valence-corrected chi connectivity index (χ4v) is 3.34. The minimum Gasteiger partial charge on any atom is -0.497 e. The van der Waals surface area contributed by atoms with Crippen molar-refractivity contribution >= 4 is 27.7 Å². The molecular formula is C25H33BrN2O4. The van der Waals surface area contributed by atoms with E-state index in [4.69, 9.17) is 9.47 Å². The van der Waals surface area contributed by atoms with Crippen molar-refractivity contribution in [1.82, 2.24) is 10.2 Å². The number of benzene rings is 2. The van der Waals surface area contributed by atoms with Gasteiger partial charge in [0.15, 0.2) is 0 Å². The van der Waals surface area contributed by atoms with Crippen LogP contribution in [0.15, 0.2) is 53.0 Å². The fourth-order valence-electron chi connectivity index (χ4n) is 3.07. The van der Waals surface area contributed by atoms with Gasteiger partial charge in [0.05, 0.1) is 13.7 Å². The van der Waals surface area contributed by atoms with Crippen LogP contribution in [0.5, 0.6) is 11.5 Å². The molecule has 2 aromatic rings. The first kappa shape index (κ1) is 25.7. The first-order chi connectivity index (χ1) is 15.1. The Morgan fingerprint density at radius 3 is 2.19 bits per heavy atom. The van der Waals surface area contributed by atoms with E-state index >= 15 is 0 Å². The van der Waals surface area contributed by atoms with Crippen molar-refractivity contribution in [3.63, 3.8) is 0 Å². The zero-order valence-electron chi connectivity index (χ0n) is 19.5. The van der Waals surface area contributed by atoms with Crippen LogP contribution >= 0.6 is 15.9 Å². The van der Waals surface area contributed by atoms with Crippen molar-refractivity contribution < 1.29 is 19.1 Å². The molecule has 0 aliphatic rings. The molecule has 174 valence electrons. The van der Waals surface area contributed by atoms with Crippen LogP contribution in [-0.4, -0.2) is 42.0 Å². The average molecular weight is 505 g/mol. The molecule has 1 atom stereocenters. The van der Waals surface area contributed by atoms with Crippen molar-refractivity contribution in [1.29, 1.82) is 0 Å². The quantitative estimate of drug-likeness (QED) is 0.464. The summed E-state index contributed by atoms with van der Waals surface area (Å²) < 4.78 is 11.8. The summed E-state index contributed by atoms with van der Waals surface area (Å²) in [7, 11) is 1.62. The van der Waals surface area contributed by atoms with E-state index in [0.717, 1.165) is 21.5 Å². The number of nitrogens with one attached hydrogen (secondary N) is 1. The monoisotopic (exact) mass is 504 g/mol. The van der Waals surface area contributed by atoms with E-state index < -0.39 is 6.04 Å². The normalized spacial score (nSPS) is 12.1. The Bertz CT molecular complexity index is 876. The first-order valence-corrected chi connectivity index (χ1v) is 11.5. The van der Waals surface area contributed by atoms with Crippen LogP contribution in [0, 0.1) is 0 Å². The van der Waals surface area contributed by atoms with Gasteiger partial charge < -0.3 is 19.7 Å². The maximum absolute atomic E-state index is 13.1. The smallest absolute Gasteiger partial charge is 0.242 e. The van der Waals surface area contributed by atoms with Crippen molar-refractivity contribution in [3.05, 3.63) is 58.6 Å². The third kappa shape index (κ3) is 8.54. The summed E-state index contributed by atoms with van der Waals surface area (Å²) in [6.07, 6.45) is 0.842. The average Bonchev–Trinajstić information content (AvgIpc) is 2.75. The summed E-state index contributed by atoms with van der Waals surface area (Å²) in [6.45, 7) is 8.32. The molecule has 7 heteroatoms. The molecule has 0 aromatic heterocycles. The number of hydrogen-bond acceptors (Lipinski definition) is 4. The van der Waals surface area contributed by atoms with Crippen LogP contribution in [0.2, 0.25) is 0 Å². The maximum atomic E-state index is 13.1. The van der Waals surface area contributed by atoms with Gasteiger partial charge in [-0.2, -0.15) is 0 Å². The molecule has 0 bridgehead atoms. The Morgan fingerprint density at radius 1 is 1.03 bits per heavy atom. The number of nitrogens with zero attached hydrogens (tertiary/aromatic N) is 1. The highest BCUT2D eigenvalue weighted by molar-refractivity contribution is 9.10. The van der Waals surface area contributed by atoms with E-state index in [-0.39, 0.29) is 17.4 Å². The van der Waals surface area contributed by atoms with Gasteiger partial charge in [-0.3, -0.25) is 9.59 Å². The minimum absolute atomic E-state index is 0.0807. The molecule has 2 rings (SSSR count). The van der Waals surface area contributed by atoms with Gasteiger partial charge in [-0.15, -0.1) is 0 Å². The number of halogens is 1. The standard InChI is InChI=1S/C25H33BrN2O4/c1-18(24(30)27-25(2,3)4)28(17-19-8-10-20(26)11-9-19)23(29)7-6-16-32-22-14-12-21(31-5)13-15-22/h8-15,18H,6-7,16-17H2,1-5H3,(H,27,30). The summed E-state index contributed by atoms with van der Waals surface area (Å²) in [5, 5.41) is 2.97. The first-order valence-electron chi connectivity index (χ1n) is 10.7. The fraction of sp³-hybridized carbons (Fsp3) is 0.440. The van der Waals surface area contributed by atoms with Crippen LogP contribution < -0.4 is 14.8 Å². The molecule has 0 saturated heterocycles. The highest BCUT2D eigenvalue weighted by Crippen LogP contribution is 2.18. The van der Waals surface area contributed by atoms with Gasteiger partial charge in [-0.25, -0.2) is 0 Å². The zero-order chi connectivity index (χ0) is 23.7. The lowest BCUT2D eigenvalue weighted by molar-refractivity contribution is -0.141. The maximum Gasteiger partial charge on any atom is 0.242 e. The Morgan fingerprint density at radius 2 is 1.62 bits per heavy atom. The summed E-state index contributed by atoms with van der Waals surface area (Å²) in [6, 6.07) is 14.5. The van der Waals surface area contributed by atoms with Crippen LogP contribution in [0.3, 0.4) is 0 Å². The Hall–Kier alpha value is -2.54. The molecule has 2 amide bonds. The largest absolute Gasteiger partial charge is 0.497 e. The number of amides is 2. The molecule has 0 aliphatic carbocycles. The number of carbonyl (C=O) groups is 2. The molecule has 0 saturated carbocycles. The third-order valence-electron chi connectivity index (χ3n) is 4.79. The lowest BCUT2D eigenvalue weighted by Gasteiger charge is -2.31. The van der Waals surface area contributed by atoms with Crippen LogP contribution in [0.1, 0.15) is 46.1 Å². The van der Waals surface area contributed by atoms with Crippen LogP contribution in [0.25, 0.3) is 0 Å². The van der Waals surface area contributed by atoms with E-state index in [9.17, 15) is 9.59 Å².